The lowest BCUT2D eigenvalue weighted by molar-refractivity contribution is -0.117. The zero-order valence-electron chi connectivity index (χ0n) is 13.5. The number of pyridine rings is 1. The van der Waals surface area contributed by atoms with Gasteiger partial charge in [-0.25, -0.2) is 4.98 Å². The number of amides is 2. The van der Waals surface area contributed by atoms with Gasteiger partial charge in [-0.05, 0) is 32.0 Å². The maximum Gasteiger partial charge on any atom is 0.256 e. The van der Waals surface area contributed by atoms with Crippen molar-refractivity contribution in [3.05, 3.63) is 48.2 Å². The predicted octanol–water partition coefficient (Wildman–Crippen LogP) is 2.70. The van der Waals surface area contributed by atoms with Crippen molar-refractivity contribution in [2.75, 3.05) is 11.9 Å². The molecule has 0 saturated carbocycles. The first kappa shape index (κ1) is 17.8. The molecule has 0 spiro atoms. The van der Waals surface area contributed by atoms with Gasteiger partial charge in [-0.2, -0.15) is 0 Å². The van der Waals surface area contributed by atoms with Crippen molar-refractivity contribution in [3.63, 3.8) is 0 Å². The van der Waals surface area contributed by atoms with E-state index in [4.69, 9.17) is 10.5 Å². The second-order valence-corrected chi connectivity index (χ2v) is 6.31. The van der Waals surface area contributed by atoms with Crippen molar-refractivity contribution in [2.45, 2.75) is 24.0 Å². The molecule has 0 aliphatic carbocycles. The molecule has 0 fully saturated rings. The Balaban J connectivity index is 2.13. The maximum atomic E-state index is 12.5. The van der Waals surface area contributed by atoms with Crippen LogP contribution in [0, 0.1) is 0 Å². The fourth-order valence-corrected chi connectivity index (χ4v) is 2.83. The van der Waals surface area contributed by atoms with Crippen LogP contribution < -0.4 is 15.8 Å². The molecule has 0 saturated heterocycles. The largest absolute Gasteiger partial charge is 0.478 e. The SMILES string of the molecule is CCOc1ccc(NC(=O)c2ccccc2S[C@H](C)C(N)=O)cn1. The monoisotopic (exact) mass is 345 g/mol. The zero-order chi connectivity index (χ0) is 17.5. The summed E-state index contributed by atoms with van der Waals surface area (Å²) >= 11 is 1.26. The Morgan fingerprint density at radius 1 is 1.29 bits per heavy atom. The minimum absolute atomic E-state index is 0.277. The average molecular weight is 345 g/mol. The summed E-state index contributed by atoms with van der Waals surface area (Å²) in [4.78, 5) is 28.5. The van der Waals surface area contributed by atoms with E-state index < -0.39 is 11.2 Å². The third-order valence-electron chi connectivity index (χ3n) is 3.12. The smallest absolute Gasteiger partial charge is 0.256 e. The number of primary amides is 1. The molecule has 1 atom stereocenters. The Hall–Kier alpha value is -2.54. The second kappa shape index (κ2) is 8.35. The van der Waals surface area contributed by atoms with Gasteiger partial charge in [0.15, 0.2) is 0 Å². The molecule has 7 heteroatoms. The summed E-state index contributed by atoms with van der Waals surface area (Å²) in [6.07, 6.45) is 1.53. The van der Waals surface area contributed by atoms with Gasteiger partial charge in [0.25, 0.3) is 5.91 Å². The average Bonchev–Trinajstić information content (AvgIpc) is 2.57. The van der Waals surface area contributed by atoms with Gasteiger partial charge in [-0.3, -0.25) is 9.59 Å². The van der Waals surface area contributed by atoms with Crippen LogP contribution in [0.3, 0.4) is 0 Å². The predicted molar refractivity (Wildman–Crippen MR) is 94.3 cm³/mol. The van der Waals surface area contributed by atoms with Crippen LogP contribution in [0.5, 0.6) is 5.88 Å². The van der Waals surface area contributed by atoms with Gasteiger partial charge in [0, 0.05) is 11.0 Å². The summed E-state index contributed by atoms with van der Waals surface area (Å²) in [5.74, 6) is -0.201. The molecule has 2 rings (SSSR count). The van der Waals surface area contributed by atoms with Crippen molar-refractivity contribution in [3.8, 4) is 5.88 Å². The standard InChI is InChI=1S/C17H19N3O3S/c1-3-23-15-9-8-12(10-19-15)20-17(22)13-6-4-5-7-14(13)24-11(2)16(18)21/h4-11H,3H2,1-2H3,(H2,18,21)(H,20,22)/t11-/m1/s1. The first-order valence-electron chi connectivity index (χ1n) is 7.46. The molecule has 3 N–H and O–H groups in total. The molecule has 0 aliphatic rings. The molecule has 2 aromatic rings. The first-order valence-corrected chi connectivity index (χ1v) is 8.34. The summed E-state index contributed by atoms with van der Waals surface area (Å²) in [5, 5.41) is 2.36. The van der Waals surface area contributed by atoms with Crippen LogP contribution >= 0.6 is 11.8 Å². The van der Waals surface area contributed by atoms with Crippen LogP contribution in [0.4, 0.5) is 5.69 Å². The number of benzene rings is 1. The minimum atomic E-state index is -0.425. The number of carbonyl (C=O) groups excluding carboxylic acids is 2. The van der Waals surface area contributed by atoms with Crippen molar-refractivity contribution in [2.24, 2.45) is 5.73 Å². The third kappa shape index (κ3) is 4.73. The summed E-state index contributed by atoms with van der Waals surface area (Å²) in [6, 6.07) is 10.5. The fraction of sp³-hybridized carbons (Fsp3) is 0.235. The summed E-state index contributed by atoms with van der Waals surface area (Å²) in [6.45, 7) is 4.11. The van der Waals surface area contributed by atoms with Crippen molar-refractivity contribution >= 4 is 29.3 Å². The Labute approximate surface area is 144 Å². The molecule has 1 heterocycles. The number of thioether (sulfide) groups is 1. The molecule has 126 valence electrons. The van der Waals surface area contributed by atoms with Crippen LogP contribution in [0.15, 0.2) is 47.5 Å². The van der Waals surface area contributed by atoms with Gasteiger partial charge in [0.2, 0.25) is 11.8 Å². The highest BCUT2D eigenvalue weighted by molar-refractivity contribution is 8.00. The van der Waals surface area contributed by atoms with Gasteiger partial charge >= 0.3 is 0 Å². The lowest BCUT2D eigenvalue weighted by Crippen LogP contribution is -2.23. The number of nitrogens with one attached hydrogen (secondary N) is 1. The summed E-state index contributed by atoms with van der Waals surface area (Å²) < 4.78 is 5.26. The molecule has 6 nitrogen and oxygen atoms in total. The number of nitrogens with zero attached hydrogens (tertiary/aromatic N) is 1. The molecule has 0 unspecified atom stereocenters. The number of ether oxygens (including phenoxy) is 1. The van der Waals surface area contributed by atoms with E-state index in [1.54, 1.807) is 37.3 Å². The maximum absolute atomic E-state index is 12.5. The van der Waals surface area contributed by atoms with Crippen LogP contribution in [-0.2, 0) is 4.79 Å². The summed E-state index contributed by atoms with van der Waals surface area (Å²) in [5.41, 5.74) is 6.33. The van der Waals surface area contributed by atoms with E-state index >= 15 is 0 Å². The number of hydrogen-bond acceptors (Lipinski definition) is 5. The number of carbonyl (C=O) groups is 2. The van der Waals surface area contributed by atoms with E-state index in [1.165, 1.54) is 18.0 Å². The van der Waals surface area contributed by atoms with E-state index in [0.29, 0.717) is 28.6 Å². The Morgan fingerprint density at radius 2 is 2.04 bits per heavy atom. The number of hydrogen-bond donors (Lipinski definition) is 2. The summed E-state index contributed by atoms with van der Waals surface area (Å²) in [7, 11) is 0. The van der Waals surface area contributed by atoms with Gasteiger partial charge in [-0.1, -0.05) is 12.1 Å². The fourth-order valence-electron chi connectivity index (χ4n) is 1.89. The molecular weight excluding hydrogens is 326 g/mol. The molecule has 0 aliphatic heterocycles. The van der Waals surface area contributed by atoms with Gasteiger partial charge < -0.3 is 15.8 Å². The van der Waals surface area contributed by atoms with E-state index in [-0.39, 0.29) is 5.91 Å². The van der Waals surface area contributed by atoms with Crippen LogP contribution in [0.25, 0.3) is 0 Å². The molecule has 0 radical (unpaired) electrons. The molecule has 0 bridgehead atoms. The van der Waals surface area contributed by atoms with E-state index in [9.17, 15) is 9.59 Å². The van der Waals surface area contributed by atoms with E-state index in [1.807, 2.05) is 13.0 Å². The van der Waals surface area contributed by atoms with Crippen LogP contribution in [0.2, 0.25) is 0 Å². The molecule has 1 aromatic carbocycles. The first-order chi connectivity index (χ1) is 11.5. The Morgan fingerprint density at radius 3 is 2.67 bits per heavy atom. The van der Waals surface area contributed by atoms with Crippen LogP contribution in [-0.4, -0.2) is 28.7 Å². The van der Waals surface area contributed by atoms with Gasteiger partial charge in [0.1, 0.15) is 0 Å². The normalized spacial score (nSPS) is 11.6. The number of aromatic nitrogens is 1. The highest BCUT2D eigenvalue weighted by atomic mass is 32.2. The van der Waals surface area contributed by atoms with Crippen molar-refractivity contribution < 1.29 is 14.3 Å². The number of anilines is 1. The minimum Gasteiger partial charge on any atom is -0.478 e. The lowest BCUT2D eigenvalue weighted by Gasteiger charge is -2.12. The van der Waals surface area contributed by atoms with Gasteiger partial charge in [0.05, 0.1) is 29.3 Å². The third-order valence-corrected chi connectivity index (χ3v) is 4.32. The zero-order valence-corrected chi connectivity index (χ0v) is 14.3. The molecular formula is C17H19N3O3S. The van der Waals surface area contributed by atoms with Gasteiger partial charge in [-0.15, -0.1) is 11.8 Å². The highest BCUT2D eigenvalue weighted by Gasteiger charge is 2.16. The molecule has 24 heavy (non-hydrogen) atoms. The molecule has 1 aromatic heterocycles. The quantitative estimate of drug-likeness (QED) is 0.753. The Bertz CT molecular complexity index is 719. The number of rotatable bonds is 7. The highest BCUT2D eigenvalue weighted by Crippen LogP contribution is 2.27. The Kier molecular flexibility index (Phi) is 6.20. The lowest BCUT2D eigenvalue weighted by atomic mass is 10.2. The van der Waals surface area contributed by atoms with E-state index in [2.05, 4.69) is 10.3 Å². The molecule has 2 amide bonds. The van der Waals surface area contributed by atoms with Crippen molar-refractivity contribution in [1.82, 2.24) is 4.98 Å². The number of nitrogens with two attached hydrogens (primary N) is 1. The second-order valence-electron chi connectivity index (χ2n) is 4.93. The van der Waals surface area contributed by atoms with Crippen LogP contribution in [0.1, 0.15) is 24.2 Å². The van der Waals surface area contributed by atoms with E-state index in [0.717, 1.165) is 0 Å². The topological polar surface area (TPSA) is 94.3 Å². The van der Waals surface area contributed by atoms with Crippen molar-refractivity contribution in [1.29, 1.82) is 0 Å².